The van der Waals surface area contributed by atoms with Gasteiger partial charge in [-0.25, -0.2) is 0 Å². The van der Waals surface area contributed by atoms with Crippen molar-refractivity contribution < 1.29 is 9.59 Å². The molecule has 1 saturated heterocycles. The topological polar surface area (TPSA) is 63.4 Å². The van der Waals surface area contributed by atoms with Crippen molar-refractivity contribution in [3.8, 4) is 11.1 Å². The number of rotatable bonds is 3. The van der Waals surface area contributed by atoms with E-state index in [2.05, 4.69) is 6.07 Å². The fraction of sp³-hybridized carbons (Fsp3) is 0.263. The van der Waals surface area contributed by atoms with Crippen molar-refractivity contribution in [3.05, 3.63) is 59.7 Å². The third-order valence-corrected chi connectivity index (χ3v) is 4.15. The first-order valence-electron chi connectivity index (χ1n) is 7.87. The molecule has 3 rings (SSSR count). The van der Waals surface area contributed by atoms with E-state index in [1.54, 1.807) is 12.1 Å². The monoisotopic (exact) mass is 307 g/mol. The van der Waals surface area contributed by atoms with Crippen molar-refractivity contribution in [1.29, 1.82) is 0 Å². The highest BCUT2D eigenvalue weighted by molar-refractivity contribution is 6.03. The molecule has 0 unspecified atom stereocenters. The van der Waals surface area contributed by atoms with Crippen LogP contribution in [0.3, 0.4) is 0 Å². The lowest BCUT2D eigenvalue weighted by Crippen LogP contribution is -2.35. The summed E-state index contributed by atoms with van der Waals surface area (Å²) in [7, 11) is 0. The molecule has 4 heteroatoms. The molecule has 1 radical (unpaired) electrons. The number of carbonyl (C=O) groups is 2. The number of hydrogen-bond donors (Lipinski definition) is 1. The van der Waals surface area contributed by atoms with Gasteiger partial charge in [-0.05, 0) is 36.5 Å². The van der Waals surface area contributed by atoms with E-state index in [4.69, 9.17) is 5.73 Å². The molecular formula is C19H19N2O2. The Labute approximate surface area is 135 Å². The first kappa shape index (κ1) is 15.3. The lowest BCUT2D eigenvalue weighted by Gasteiger charge is -2.26. The standard InChI is InChI=1S/C19H19N2O2/c20-18(22)17-13-15(19(23)21-11-5-2-6-12-21)9-10-16(17)14-7-3-1-4-8-14/h1,3-4,7-10H,2,5-6,11-12H2,(H2,20,22). The van der Waals surface area contributed by atoms with Crippen LogP contribution in [0.4, 0.5) is 0 Å². The van der Waals surface area contributed by atoms with Crippen molar-refractivity contribution in [2.45, 2.75) is 19.3 Å². The van der Waals surface area contributed by atoms with Crippen LogP contribution < -0.4 is 5.73 Å². The molecule has 0 saturated carbocycles. The first-order chi connectivity index (χ1) is 11.2. The van der Waals surface area contributed by atoms with Gasteiger partial charge in [-0.2, -0.15) is 0 Å². The van der Waals surface area contributed by atoms with Crippen molar-refractivity contribution in [2.75, 3.05) is 13.1 Å². The van der Waals surface area contributed by atoms with E-state index in [9.17, 15) is 9.59 Å². The minimum absolute atomic E-state index is 0.0770. The van der Waals surface area contributed by atoms with E-state index < -0.39 is 5.91 Å². The molecule has 1 aliphatic rings. The van der Waals surface area contributed by atoms with E-state index >= 15 is 0 Å². The molecule has 0 aromatic heterocycles. The molecule has 0 spiro atoms. The van der Waals surface area contributed by atoms with Crippen molar-refractivity contribution in [2.24, 2.45) is 5.73 Å². The number of nitrogens with zero attached hydrogens (tertiary/aromatic N) is 1. The van der Waals surface area contributed by atoms with Crippen molar-refractivity contribution in [3.63, 3.8) is 0 Å². The lowest BCUT2D eigenvalue weighted by atomic mass is 9.96. The fourth-order valence-corrected chi connectivity index (χ4v) is 2.94. The first-order valence-corrected chi connectivity index (χ1v) is 7.87. The van der Waals surface area contributed by atoms with Gasteiger partial charge in [0, 0.05) is 24.7 Å². The zero-order chi connectivity index (χ0) is 16.2. The quantitative estimate of drug-likeness (QED) is 0.947. The molecular weight excluding hydrogens is 288 g/mol. The van der Waals surface area contributed by atoms with E-state index in [-0.39, 0.29) is 11.5 Å². The van der Waals surface area contributed by atoms with E-state index in [0.717, 1.165) is 37.9 Å². The van der Waals surface area contributed by atoms with Crippen LogP contribution in [-0.4, -0.2) is 29.8 Å². The molecule has 0 atom stereocenters. The third-order valence-electron chi connectivity index (χ3n) is 4.15. The van der Waals surface area contributed by atoms with Crippen LogP contribution in [0.1, 0.15) is 40.0 Å². The van der Waals surface area contributed by atoms with Gasteiger partial charge >= 0.3 is 0 Å². The summed E-state index contributed by atoms with van der Waals surface area (Å²) in [5.41, 5.74) is 7.76. The Hall–Kier alpha value is -2.62. The summed E-state index contributed by atoms with van der Waals surface area (Å²) in [6.45, 7) is 1.53. The second-order valence-electron chi connectivity index (χ2n) is 5.74. The highest BCUT2D eigenvalue weighted by Crippen LogP contribution is 2.25. The molecule has 23 heavy (non-hydrogen) atoms. The van der Waals surface area contributed by atoms with Crippen LogP contribution >= 0.6 is 0 Å². The van der Waals surface area contributed by atoms with Gasteiger partial charge in [-0.3, -0.25) is 9.59 Å². The number of piperidine rings is 1. The number of carbonyl (C=O) groups excluding carboxylic acids is 2. The summed E-state index contributed by atoms with van der Waals surface area (Å²) in [5, 5.41) is 0. The molecule has 2 aromatic carbocycles. The highest BCUT2D eigenvalue weighted by atomic mass is 16.2. The maximum Gasteiger partial charge on any atom is 0.254 e. The summed E-state index contributed by atoms with van der Waals surface area (Å²) >= 11 is 0. The molecule has 2 amide bonds. The lowest BCUT2D eigenvalue weighted by molar-refractivity contribution is 0.0724. The van der Waals surface area contributed by atoms with E-state index in [1.165, 1.54) is 0 Å². The average molecular weight is 307 g/mol. The molecule has 2 N–H and O–H groups in total. The van der Waals surface area contributed by atoms with Crippen LogP contribution in [0.2, 0.25) is 0 Å². The number of primary amides is 1. The number of benzene rings is 2. The average Bonchev–Trinajstić information content (AvgIpc) is 2.62. The molecule has 1 fully saturated rings. The Morgan fingerprint density at radius 2 is 1.65 bits per heavy atom. The Balaban J connectivity index is 1.96. The number of amides is 2. The van der Waals surface area contributed by atoms with Gasteiger partial charge in [0.25, 0.3) is 5.91 Å². The molecule has 0 aliphatic carbocycles. The molecule has 1 heterocycles. The summed E-state index contributed by atoms with van der Waals surface area (Å²) in [5.74, 6) is -0.649. The van der Waals surface area contributed by atoms with Gasteiger partial charge in [0.15, 0.2) is 0 Å². The van der Waals surface area contributed by atoms with Gasteiger partial charge in [0.2, 0.25) is 5.91 Å². The van der Waals surface area contributed by atoms with Gasteiger partial charge in [-0.15, -0.1) is 0 Å². The molecule has 2 aromatic rings. The fourth-order valence-electron chi connectivity index (χ4n) is 2.94. The van der Waals surface area contributed by atoms with Gasteiger partial charge < -0.3 is 10.6 Å². The third kappa shape index (κ3) is 3.26. The maximum absolute atomic E-state index is 12.6. The molecule has 1 aliphatic heterocycles. The van der Waals surface area contributed by atoms with Crippen LogP contribution in [0.5, 0.6) is 0 Å². The molecule has 4 nitrogen and oxygen atoms in total. The second kappa shape index (κ2) is 6.65. The zero-order valence-electron chi connectivity index (χ0n) is 12.9. The Bertz CT molecular complexity index is 719. The predicted octanol–water partition coefficient (Wildman–Crippen LogP) is 2.88. The van der Waals surface area contributed by atoms with Crippen LogP contribution in [-0.2, 0) is 0 Å². The van der Waals surface area contributed by atoms with Gasteiger partial charge in [0.1, 0.15) is 0 Å². The van der Waals surface area contributed by atoms with Crippen LogP contribution in [0.15, 0.2) is 42.5 Å². The largest absolute Gasteiger partial charge is 0.366 e. The highest BCUT2D eigenvalue weighted by Gasteiger charge is 2.20. The number of hydrogen-bond acceptors (Lipinski definition) is 2. The van der Waals surface area contributed by atoms with Crippen molar-refractivity contribution >= 4 is 11.8 Å². The van der Waals surface area contributed by atoms with Gasteiger partial charge in [0.05, 0.1) is 5.56 Å². The Morgan fingerprint density at radius 1 is 0.957 bits per heavy atom. The Morgan fingerprint density at radius 3 is 2.30 bits per heavy atom. The predicted molar refractivity (Wildman–Crippen MR) is 89.0 cm³/mol. The second-order valence-corrected chi connectivity index (χ2v) is 5.74. The summed E-state index contributed by atoms with van der Waals surface area (Å²) in [6, 6.07) is 16.0. The number of nitrogens with two attached hydrogens (primary N) is 1. The minimum atomic E-state index is -0.572. The summed E-state index contributed by atoms with van der Waals surface area (Å²) in [4.78, 5) is 26.2. The normalized spacial score (nSPS) is 14.5. The van der Waals surface area contributed by atoms with Crippen LogP contribution in [0, 0.1) is 6.07 Å². The van der Waals surface area contributed by atoms with Gasteiger partial charge in [-0.1, -0.05) is 36.4 Å². The Kier molecular flexibility index (Phi) is 4.42. The summed E-state index contributed by atoms with van der Waals surface area (Å²) in [6.07, 6.45) is 3.21. The van der Waals surface area contributed by atoms with Crippen LogP contribution in [0.25, 0.3) is 11.1 Å². The van der Waals surface area contributed by atoms with E-state index in [1.807, 2.05) is 35.2 Å². The zero-order valence-corrected chi connectivity index (χ0v) is 12.9. The number of likely N-dealkylation sites (tertiary alicyclic amines) is 1. The maximum atomic E-state index is 12.6. The molecule has 0 bridgehead atoms. The summed E-state index contributed by atoms with van der Waals surface area (Å²) < 4.78 is 0. The van der Waals surface area contributed by atoms with Crippen molar-refractivity contribution in [1.82, 2.24) is 4.90 Å². The molecule has 117 valence electrons. The minimum Gasteiger partial charge on any atom is -0.366 e. The van der Waals surface area contributed by atoms with E-state index in [0.29, 0.717) is 11.1 Å². The SMILES string of the molecule is NC(=O)c1[c]c(C(=O)N2CCCCC2)ccc1-c1ccccc1. The smallest absolute Gasteiger partial charge is 0.254 e.